The smallest absolute Gasteiger partial charge is 0.141 e. The van der Waals surface area contributed by atoms with E-state index in [1.165, 1.54) is 16.5 Å². The molecule has 0 aliphatic rings. The van der Waals surface area contributed by atoms with Crippen molar-refractivity contribution < 1.29 is 4.39 Å². The third kappa shape index (κ3) is 3.64. The molecule has 0 saturated heterocycles. The summed E-state index contributed by atoms with van der Waals surface area (Å²) in [6.45, 7) is 2.06. The molecule has 2 rings (SSSR count). The van der Waals surface area contributed by atoms with Gasteiger partial charge in [0.1, 0.15) is 5.82 Å². The summed E-state index contributed by atoms with van der Waals surface area (Å²) >= 11 is 7.48. The van der Waals surface area contributed by atoms with Crippen molar-refractivity contribution in [3.8, 4) is 0 Å². The normalized spacial score (nSPS) is 12.2. The van der Waals surface area contributed by atoms with Gasteiger partial charge in [0.25, 0.3) is 0 Å². The number of nitrogens with one attached hydrogen (secondary N) is 1. The van der Waals surface area contributed by atoms with Crippen molar-refractivity contribution in [3.05, 3.63) is 58.9 Å². The summed E-state index contributed by atoms with van der Waals surface area (Å²) in [6.07, 6.45) is 2.05. The number of hydrogen-bond donors (Lipinski definition) is 1. The first-order valence-corrected chi connectivity index (χ1v) is 7.56. The lowest BCUT2D eigenvalue weighted by atomic mass is 10.1. The average molecular weight is 296 g/mol. The number of thioether (sulfide) groups is 1. The molecule has 1 unspecified atom stereocenters. The Kier molecular flexibility index (Phi) is 4.72. The summed E-state index contributed by atoms with van der Waals surface area (Å²) in [6, 6.07) is 13.2. The Morgan fingerprint density at radius 3 is 2.42 bits per heavy atom. The molecule has 0 spiro atoms. The second kappa shape index (κ2) is 6.31. The summed E-state index contributed by atoms with van der Waals surface area (Å²) in [7, 11) is 0. The highest BCUT2D eigenvalue weighted by molar-refractivity contribution is 7.98. The third-order valence-corrected chi connectivity index (χ3v) is 3.95. The van der Waals surface area contributed by atoms with Gasteiger partial charge in [-0.3, -0.25) is 0 Å². The first kappa shape index (κ1) is 14.2. The van der Waals surface area contributed by atoms with E-state index in [4.69, 9.17) is 11.6 Å². The van der Waals surface area contributed by atoms with E-state index in [2.05, 4.69) is 42.8 Å². The van der Waals surface area contributed by atoms with Crippen LogP contribution in [0, 0.1) is 5.82 Å². The Morgan fingerprint density at radius 1 is 1.16 bits per heavy atom. The maximum atomic E-state index is 13.1. The molecule has 1 nitrogen and oxygen atoms in total. The summed E-state index contributed by atoms with van der Waals surface area (Å²) in [4.78, 5) is 1.24. The molecule has 0 aliphatic carbocycles. The van der Waals surface area contributed by atoms with Gasteiger partial charge < -0.3 is 5.32 Å². The van der Waals surface area contributed by atoms with Gasteiger partial charge >= 0.3 is 0 Å². The molecule has 0 bridgehead atoms. The molecule has 0 saturated carbocycles. The Bertz CT molecular complexity index is 557. The molecule has 0 aliphatic heterocycles. The van der Waals surface area contributed by atoms with E-state index in [0.717, 1.165) is 5.69 Å². The Balaban J connectivity index is 2.10. The van der Waals surface area contributed by atoms with Gasteiger partial charge in [0.2, 0.25) is 0 Å². The molecule has 0 aromatic heterocycles. The van der Waals surface area contributed by atoms with Gasteiger partial charge in [-0.1, -0.05) is 23.7 Å². The van der Waals surface area contributed by atoms with Crippen LogP contribution in [0.3, 0.4) is 0 Å². The summed E-state index contributed by atoms with van der Waals surface area (Å²) < 4.78 is 13.1. The van der Waals surface area contributed by atoms with Gasteiger partial charge in [-0.05, 0) is 49.1 Å². The molecular formula is C15H15ClFNS. The van der Waals surface area contributed by atoms with Crippen LogP contribution in [-0.4, -0.2) is 6.26 Å². The molecule has 0 radical (unpaired) electrons. The van der Waals surface area contributed by atoms with Gasteiger partial charge in [-0.15, -0.1) is 11.8 Å². The highest BCUT2D eigenvalue weighted by Gasteiger charge is 2.07. The maximum Gasteiger partial charge on any atom is 0.141 e. The number of halogens is 2. The van der Waals surface area contributed by atoms with E-state index in [1.54, 1.807) is 23.9 Å². The molecule has 1 atom stereocenters. The van der Waals surface area contributed by atoms with Gasteiger partial charge in [0.05, 0.1) is 5.02 Å². The Labute approximate surface area is 122 Å². The average Bonchev–Trinajstić information content (AvgIpc) is 2.43. The first-order valence-electron chi connectivity index (χ1n) is 5.95. The number of hydrogen-bond acceptors (Lipinski definition) is 2. The minimum absolute atomic E-state index is 0.134. The molecule has 100 valence electrons. The predicted molar refractivity (Wildman–Crippen MR) is 81.7 cm³/mol. The summed E-state index contributed by atoms with van der Waals surface area (Å²) in [5.74, 6) is -0.399. The quantitative estimate of drug-likeness (QED) is 0.761. The van der Waals surface area contributed by atoms with E-state index >= 15 is 0 Å². The Hall–Kier alpha value is -1.19. The molecule has 0 fully saturated rings. The molecule has 19 heavy (non-hydrogen) atoms. The Morgan fingerprint density at radius 2 is 1.84 bits per heavy atom. The monoisotopic (exact) mass is 295 g/mol. The van der Waals surface area contributed by atoms with Crippen LogP contribution >= 0.6 is 23.4 Å². The van der Waals surface area contributed by atoms with Crippen LogP contribution in [-0.2, 0) is 0 Å². The van der Waals surface area contributed by atoms with Crippen LogP contribution in [0.1, 0.15) is 18.5 Å². The largest absolute Gasteiger partial charge is 0.378 e. The van der Waals surface area contributed by atoms with Crippen LogP contribution in [0.4, 0.5) is 10.1 Å². The molecule has 0 amide bonds. The van der Waals surface area contributed by atoms with Crippen LogP contribution in [0.5, 0.6) is 0 Å². The third-order valence-electron chi connectivity index (χ3n) is 2.92. The highest BCUT2D eigenvalue weighted by atomic mass is 35.5. The van der Waals surface area contributed by atoms with Crippen LogP contribution in [0.2, 0.25) is 5.02 Å². The highest BCUT2D eigenvalue weighted by Crippen LogP contribution is 2.25. The van der Waals surface area contributed by atoms with Crippen molar-refractivity contribution in [2.75, 3.05) is 11.6 Å². The lowest BCUT2D eigenvalue weighted by molar-refractivity contribution is 0.628. The van der Waals surface area contributed by atoms with Gasteiger partial charge in [-0.2, -0.15) is 0 Å². The van der Waals surface area contributed by atoms with Crippen molar-refractivity contribution in [1.29, 1.82) is 0 Å². The molecule has 2 aromatic carbocycles. The molecule has 1 N–H and O–H groups in total. The standard InChI is InChI=1S/C15H15ClFNS/c1-10(11-3-6-13(19-2)7-4-11)18-12-5-8-15(17)14(16)9-12/h3-10,18H,1-2H3. The van der Waals surface area contributed by atoms with E-state index in [-0.39, 0.29) is 11.1 Å². The van der Waals surface area contributed by atoms with Crippen LogP contribution < -0.4 is 5.32 Å². The number of benzene rings is 2. The van der Waals surface area contributed by atoms with Crippen molar-refractivity contribution in [3.63, 3.8) is 0 Å². The van der Waals surface area contributed by atoms with Crippen molar-refractivity contribution in [2.45, 2.75) is 17.9 Å². The van der Waals surface area contributed by atoms with Crippen molar-refractivity contribution >= 4 is 29.1 Å². The fourth-order valence-electron chi connectivity index (χ4n) is 1.81. The number of rotatable bonds is 4. The lowest BCUT2D eigenvalue weighted by Crippen LogP contribution is -2.06. The zero-order valence-electron chi connectivity index (χ0n) is 10.8. The lowest BCUT2D eigenvalue weighted by Gasteiger charge is -2.16. The molecule has 2 aromatic rings. The fourth-order valence-corrected chi connectivity index (χ4v) is 2.40. The molecular weight excluding hydrogens is 281 g/mol. The minimum atomic E-state index is -0.399. The number of anilines is 1. The summed E-state index contributed by atoms with van der Waals surface area (Å²) in [5, 5.41) is 3.44. The topological polar surface area (TPSA) is 12.0 Å². The van der Waals surface area contributed by atoms with Gasteiger partial charge in [0.15, 0.2) is 0 Å². The molecule has 4 heteroatoms. The van der Waals surface area contributed by atoms with E-state index in [0.29, 0.717) is 0 Å². The van der Waals surface area contributed by atoms with Gasteiger partial charge in [-0.25, -0.2) is 4.39 Å². The minimum Gasteiger partial charge on any atom is -0.378 e. The SMILES string of the molecule is CSc1ccc(C(C)Nc2ccc(F)c(Cl)c2)cc1. The fraction of sp³-hybridized carbons (Fsp3) is 0.200. The molecule has 0 heterocycles. The van der Waals surface area contributed by atoms with Crippen molar-refractivity contribution in [2.24, 2.45) is 0 Å². The second-order valence-electron chi connectivity index (χ2n) is 4.27. The zero-order chi connectivity index (χ0) is 13.8. The maximum absolute atomic E-state index is 13.1. The zero-order valence-corrected chi connectivity index (χ0v) is 12.4. The van der Waals surface area contributed by atoms with E-state index in [1.807, 2.05) is 0 Å². The second-order valence-corrected chi connectivity index (χ2v) is 5.55. The predicted octanol–water partition coefficient (Wildman–Crippen LogP) is 5.37. The first-order chi connectivity index (χ1) is 9.10. The van der Waals surface area contributed by atoms with Gasteiger partial charge in [0, 0.05) is 16.6 Å². The van der Waals surface area contributed by atoms with E-state index in [9.17, 15) is 4.39 Å². The van der Waals surface area contributed by atoms with Crippen molar-refractivity contribution in [1.82, 2.24) is 0 Å². The van der Waals surface area contributed by atoms with Crippen LogP contribution in [0.15, 0.2) is 47.4 Å². The van der Waals surface area contributed by atoms with Crippen LogP contribution in [0.25, 0.3) is 0 Å². The van der Waals surface area contributed by atoms with E-state index < -0.39 is 5.82 Å². The summed E-state index contributed by atoms with van der Waals surface area (Å²) in [5.41, 5.74) is 1.99.